The number of carbonyl (C=O) groups excluding carboxylic acids is 1. The molecule has 0 amide bonds. The van der Waals surface area contributed by atoms with Gasteiger partial charge in [-0.05, 0) is 36.7 Å². The number of rotatable bonds is 4. The van der Waals surface area contributed by atoms with Gasteiger partial charge in [-0.1, -0.05) is 40.2 Å². The zero-order valence-corrected chi connectivity index (χ0v) is 13.5. The van der Waals surface area contributed by atoms with Gasteiger partial charge in [-0.15, -0.1) is 0 Å². The highest BCUT2D eigenvalue weighted by atomic mass is 28.4. The van der Waals surface area contributed by atoms with E-state index in [4.69, 9.17) is 4.43 Å². The number of allylic oxidation sites excluding steroid dienone is 2. The molecule has 0 aliphatic heterocycles. The highest BCUT2D eigenvalue weighted by molar-refractivity contribution is 6.74. The zero-order valence-electron chi connectivity index (χ0n) is 12.5. The smallest absolute Gasteiger partial charge is 0.193 e. The summed E-state index contributed by atoms with van der Waals surface area (Å²) >= 11 is 0. The molecule has 0 aromatic heterocycles. The van der Waals surface area contributed by atoms with Crippen molar-refractivity contribution in [2.45, 2.75) is 64.8 Å². The van der Waals surface area contributed by atoms with E-state index in [9.17, 15) is 4.79 Å². The van der Waals surface area contributed by atoms with Crippen LogP contribution in [-0.4, -0.2) is 20.2 Å². The molecule has 0 saturated heterocycles. The topological polar surface area (TPSA) is 26.3 Å². The van der Waals surface area contributed by atoms with Gasteiger partial charge in [0.2, 0.25) is 0 Å². The SMILES string of the molecule is CCCC=C1C(=O)C=CC1O[Si](C)(C)C(C)(C)C. The fraction of sp³-hybridized carbons (Fsp3) is 0.667. The van der Waals surface area contributed by atoms with Crippen molar-refractivity contribution in [2.24, 2.45) is 0 Å². The van der Waals surface area contributed by atoms with Crippen molar-refractivity contribution in [2.75, 3.05) is 0 Å². The van der Waals surface area contributed by atoms with Gasteiger partial charge in [0, 0.05) is 5.57 Å². The molecule has 1 rings (SSSR count). The molecule has 1 aliphatic carbocycles. The lowest BCUT2D eigenvalue weighted by Gasteiger charge is -2.38. The number of ketones is 1. The first-order valence-corrected chi connectivity index (χ1v) is 9.70. The molecule has 0 fully saturated rings. The van der Waals surface area contributed by atoms with E-state index in [-0.39, 0.29) is 16.9 Å². The molecule has 1 unspecified atom stereocenters. The van der Waals surface area contributed by atoms with E-state index in [1.807, 2.05) is 12.2 Å². The first-order valence-electron chi connectivity index (χ1n) is 6.79. The van der Waals surface area contributed by atoms with Gasteiger partial charge in [-0.3, -0.25) is 4.79 Å². The minimum atomic E-state index is -1.82. The van der Waals surface area contributed by atoms with Crippen molar-refractivity contribution >= 4 is 14.1 Å². The van der Waals surface area contributed by atoms with Crippen molar-refractivity contribution in [3.8, 4) is 0 Å². The maximum atomic E-state index is 11.8. The summed E-state index contributed by atoms with van der Waals surface area (Å²) in [5, 5.41) is 0.169. The van der Waals surface area contributed by atoms with Crippen molar-refractivity contribution in [1.82, 2.24) is 0 Å². The normalized spacial score (nSPS) is 23.1. The lowest BCUT2D eigenvalue weighted by Crippen LogP contribution is -2.43. The van der Waals surface area contributed by atoms with E-state index >= 15 is 0 Å². The molecule has 0 aromatic rings. The van der Waals surface area contributed by atoms with Gasteiger partial charge in [-0.2, -0.15) is 0 Å². The molecule has 0 saturated carbocycles. The standard InChI is InChI=1S/C15H26O2Si/c1-7-8-9-12-13(16)10-11-14(12)17-18(5,6)15(2,3)4/h9-11,14H,7-8H2,1-6H3. The molecule has 0 aromatic carbocycles. The lowest BCUT2D eigenvalue weighted by atomic mass is 10.1. The largest absolute Gasteiger partial charge is 0.406 e. The highest BCUT2D eigenvalue weighted by Gasteiger charge is 2.40. The Labute approximate surface area is 112 Å². The van der Waals surface area contributed by atoms with Crippen LogP contribution in [0.1, 0.15) is 40.5 Å². The monoisotopic (exact) mass is 266 g/mol. The molecule has 1 atom stereocenters. The zero-order chi connectivity index (χ0) is 14.0. The Kier molecular flexibility index (Phi) is 4.73. The molecular formula is C15H26O2Si. The van der Waals surface area contributed by atoms with Crippen molar-refractivity contribution in [3.63, 3.8) is 0 Å². The van der Waals surface area contributed by atoms with Gasteiger partial charge < -0.3 is 4.43 Å². The summed E-state index contributed by atoms with van der Waals surface area (Å²) in [6.07, 6.45) is 7.48. The molecule has 0 spiro atoms. The summed E-state index contributed by atoms with van der Waals surface area (Å²) in [5.74, 6) is 0.118. The molecule has 0 bridgehead atoms. The van der Waals surface area contributed by atoms with E-state index in [1.54, 1.807) is 6.08 Å². The Morgan fingerprint density at radius 2 is 2.00 bits per heavy atom. The molecule has 0 N–H and O–H groups in total. The minimum absolute atomic E-state index is 0.118. The van der Waals surface area contributed by atoms with E-state index in [1.165, 1.54) is 0 Å². The summed E-state index contributed by atoms with van der Waals surface area (Å²) in [7, 11) is -1.82. The maximum Gasteiger partial charge on any atom is 0.193 e. The number of unbranched alkanes of at least 4 members (excludes halogenated alkanes) is 1. The third-order valence-electron chi connectivity index (χ3n) is 3.89. The van der Waals surface area contributed by atoms with Gasteiger partial charge in [0.05, 0.1) is 6.10 Å². The van der Waals surface area contributed by atoms with Crippen LogP contribution >= 0.6 is 0 Å². The van der Waals surface area contributed by atoms with Crippen LogP contribution in [0.3, 0.4) is 0 Å². The summed E-state index contributed by atoms with van der Waals surface area (Å²) < 4.78 is 6.31. The Bertz CT molecular complexity index is 372. The van der Waals surface area contributed by atoms with Gasteiger partial charge in [0.25, 0.3) is 0 Å². The maximum absolute atomic E-state index is 11.8. The van der Waals surface area contributed by atoms with Gasteiger partial charge >= 0.3 is 0 Å². The third-order valence-corrected chi connectivity index (χ3v) is 8.35. The number of carbonyl (C=O) groups is 1. The molecule has 102 valence electrons. The van der Waals surface area contributed by atoms with Crippen molar-refractivity contribution in [3.05, 3.63) is 23.8 Å². The average molecular weight is 266 g/mol. The first-order chi connectivity index (χ1) is 8.19. The van der Waals surface area contributed by atoms with Crippen LogP contribution in [0.4, 0.5) is 0 Å². The second kappa shape index (κ2) is 5.53. The highest BCUT2D eigenvalue weighted by Crippen LogP contribution is 2.39. The summed E-state index contributed by atoms with van der Waals surface area (Å²) in [6.45, 7) is 13.2. The fourth-order valence-electron chi connectivity index (χ4n) is 1.63. The second-order valence-corrected chi connectivity index (χ2v) is 11.2. The fourth-order valence-corrected chi connectivity index (χ4v) is 2.82. The third kappa shape index (κ3) is 3.42. The quantitative estimate of drug-likeness (QED) is 0.562. The lowest BCUT2D eigenvalue weighted by molar-refractivity contribution is -0.111. The number of hydrogen-bond donors (Lipinski definition) is 0. The van der Waals surface area contributed by atoms with E-state index in [2.05, 4.69) is 40.8 Å². The van der Waals surface area contributed by atoms with Crippen LogP contribution in [-0.2, 0) is 9.22 Å². The van der Waals surface area contributed by atoms with Gasteiger partial charge in [0.1, 0.15) is 0 Å². The minimum Gasteiger partial charge on any atom is -0.406 e. The van der Waals surface area contributed by atoms with Crippen molar-refractivity contribution < 1.29 is 9.22 Å². The van der Waals surface area contributed by atoms with Gasteiger partial charge in [-0.25, -0.2) is 0 Å². The molecular weight excluding hydrogens is 240 g/mol. The molecule has 2 nitrogen and oxygen atoms in total. The van der Waals surface area contributed by atoms with Crippen LogP contribution in [0, 0.1) is 0 Å². The summed E-state index contributed by atoms with van der Waals surface area (Å²) in [5.41, 5.74) is 0.835. The number of hydrogen-bond acceptors (Lipinski definition) is 2. The average Bonchev–Trinajstić information content (AvgIpc) is 2.55. The van der Waals surface area contributed by atoms with Crippen LogP contribution in [0.5, 0.6) is 0 Å². The van der Waals surface area contributed by atoms with Crippen LogP contribution in [0.2, 0.25) is 18.1 Å². The van der Waals surface area contributed by atoms with E-state index in [0.717, 1.165) is 18.4 Å². The first kappa shape index (κ1) is 15.4. The Morgan fingerprint density at radius 3 is 2.50 bits per heavy atom. The second-order valence-electron chi connectivity index (χ2n) is 6.47. The molecule has 18 heavy (non-hydrogen) atoms. The Hall–Kier alpha value is -0.673. The Balaban J connectivity index is 2.84. The molecule has 0 radical (unpaired) electrons. The predicted octanol–water partition coefficient (Wildman–Crippen LogP) is 4.24. The Morgan fingerprint density at radius 1 is 1.39 bits per heavy atom. The molecule has 1 aliphatic rings. The predicted molar refractivity (Wildman–Crippen MR) is 79.2 cm³/mol. The van der Waals surface area contributed by atoms with Crippen LogP contribution in [0.25, 0.3) is 0 Å². The van der Waals surface area contributed by atoms with Gasteiger partial charge in [0.15, 0.2) is 14.1 Å². The van der Waals surface area contributed by atoms with Crippen molar-refractivity contribution in [1.29, 1.82) is 0 Å². The molecule has 0 heterocycles. The van der Waals surface area contributed by atoms with E-state index < -0.39 is 8.32 Å². The van der Waals surface area contributed by atoms with E-state index in [0.29, 0.717) is 0 Å². The van der Waals surface area contributed by atoms with Crippen LogP contribution in [0.15, 0.2) is 23.8 Å². The van der Waals surface area contributed by atoms with Crippen LogP contribution < -0.4 is 0 Å². The summed E-state index contributed by atoms with van der Waals surface area (Å²) in [4.78, 5) is 11.8. The molecule has 3 heteroatoms. The summed E-state index contributed by atoms with van der Waals surface area (Å²) in [6, 6.07) is 0.